The SMILES string of the molecule is FC(F)(F)OCCn1cc(CNCC2CC2)nn1. The lowest BCUT2D eigenvalue weighted by molar-refractivity contribution is -0.325. The molecule has 1 N–H and O–H groups in total. The Balaban J connectivity index is 1.65. The fraction of sp³-hybridized carbons (Fsp3) is 0.800. The van der Waals surface area contributed by atoms with Crippen LogP contribution >= 0.6 is 0 Å². The summed E-state index contributed by atoms with van der Waals surface area (Å²) in [5, 5.41) is 10.8. The smallest absolute Gasteiger partial charge is 0.311 e. The van der Waals surface area contributed by atoms with Gasteiger partial charge in [-0.25, -0.2) is 4.68 Å². The minimum Gasteiger partial charge on any atom is -0.311 e. The molecule has 1 aliphatic carbocycles. The predicted octanol–water partition coefficient (Wildman–Crippen LogP) is 1.31. The van der Waals surface area contributed by atoms with Crippen molar-refractivity contribution in [2.45, 2.75) is 32.3 Å². The van der Waals surface area contributed by atoms with Gasteiger partial charge in [0.1, 0.15) is 0 Å². The maximum atomic E-state index is 11.7. The first-order valence-corrected chi connectivity index (χ1v) is 5.83. The molecule has 8 heteroatoms. The highest BCUT2D eigenvalue weighted by atomic mass is 19.4. The van der Waals surface area contributed by atoms with Gasteiger partial charge in [0.05, 0.1) is 18.8 Å². The zero-order valence-electron chi connectivity index (χ0n) is 9.78. The average Bonchev–Trinajstić information content (AvgIpc) is 2.97. The molecule has 102 valence electrons. The first kappa shape index (κ1) is 13.3. The summed E-state index contributed by atoms with van der Waals surface area (Å²) in [6.07, 6.45) is -0.419. The van der Waals surface area contributed by atoms with Crippen molar-refractivity contribution in [2.75, 3.05) is 13.2 Å². The van der Waals surface area contributed by atoms with Crippen molar-refractivity contribution in [1.82, 2.24) is 20.3 Å². The van der Waals surface area contributed by atoms with E-state index in [9.17, 15) is 13.2 Å². The molecule has 0 radical (unpaired) electrons. The van der Waals surface area contributed by atoms with E-state index >= 15 is 0 Å². The summed E-state index contributed by atoms with van der Waals surface area (Å²) in [4.78, 5) is 0. The van der Waals surface area contributed by atoms with E-state index < -0.39 is 13.0 Å². The van der Waals surface area contributed by atoms with Gasteiger partial charge in [0.15, 0.2) is 0 Å². The van der Waals surface area contributed by atoms with Gasteiger partial charge in [-0.3, -0.25) is 4.74 Å². The van der Waals surface area contributed by atoms with Crippen LogP contribution in [0.4, 0.5) is 13.2 Å². The summed E-state index contributed by atoms with van der Waals surface area (Å²) in [6, 6.07) is 0. The Labute approximate surface area is 102 Å². The third-order valence-electron chi connectivity index (χ3n) is 2.61. The quantitative estimate of drug-likeness (QED) is 0.807. The standard InChI is InChI=1S/C10H15F3N4O/c11-10(12,13)18-4-3-17-7-9(15-16-17)6-14-5-8-1-2-8/h7-8,14H,1-6H2. The lowest BCUT2D eigenvalue weighted by Crippen LogP contribution is -2.17. The molecule has 0 bridgehead atoms. The van der Waals surface area contributed by atoms with E-state index in [1.165, 1.54) is 17.5 Å². The van der Waals surface area contributed by atoms with E-state index in [-0.39, 0.29) is 6.54 Å². The molecule has 1 fully saturated rings. The fourth-order valence-corrected chi connectivity index (χ4v) is 1.51. The van der Waals surface area contributed by atoms with Gasteiger partial charge in [-0.05, 0) is 25.3 Å². The van der Waals surface area contributed by atoms with Crippen LogP contribution in [-0.2, 0) is 17.8 Å². The van der Waals surface area contributed by atoms with E-state index in [1.54, 1.807) is 6.20 Å². The van der Waals surface area contributed by atoms with Gasteiger partial charge < -0.3 is 5.32 Å². The Morgan fingerprint density at radius 1 is 1.44 bits per heavy atom. The molecule has 1 aliphatic rings. The molecule has 0 amide bonds. The maximum absolute atomic E-state index is 11.7. The van der Waals surface area contributed by atoms with E-state index in [1.807, 2.05) is 0 Å². The summed E-state index contributed by atoms with van der Waals surface area (Å²) in [5.74, 6) is 0.778. The topological polar surface area (TPSA) is 52.0 Å². The average molecular weight is 264 g/mol. The highest BCUT2D eigenvalue weighted by molar-refractivity contribution is 4.92. The van der Waals surface area contributed by atoms with Crippen LogP contribution in [0.3, 0.4) is 0 Å². The zero-order chi connectivity index (χ0) is 13.0. The molecule has 0 aromatic carbocycles. The van der Waals surface area contributed by atoms with Crippen LogP contribution in [0.2, 0.25) is 0 Å². The Morgan fingerprint density at radius 2 is 2.22 bits per heavy atom. The molecular formula is C10H15F3N4O. The number of alkyl halides is 3. The van der Waals surface area contributed by atoms with Crippen LogP contribution in [0.5, 0.6) is 0 Å². The second kappa shape index (κ2) is 5.66. The van der Waals surface area contributed by atoms with Crippen LogP contribution in [-0.4, -0.2) is 34.5 Å². The number of aromatic nitrogens is 3. The van der Waals surface area contributed by atoms with Crippen molar-refractivity contribution in [3.8, 4) is 0 Å². The summed E-state index contributed by atoms with van der Waals surface area (Å²) in [5.41, 5.74) is 0.725. The zero-order valence-corrected chi connectivity index (χ0v) is 9.78. The Hall–Kier alpha value is -1.15. The highest BCUT2D eigenvalue weighted by Gasteiger charge is 2.28. The van der Waals surface area contributed by atoms with Crippen molar-refractivity contribution in [3.05, 3.63) is 11.9 Å². The van der Waals surface area contributed by atoms with Gasteiger partial charge in [0.2, 0.25) is 0 Å². The molecule has 0 aliphatic heterocycles. The van der Waals surface area contributed by atoms with Gasteiger partial charge in [-0.2, -0.15) is 0 Å². The Morgan fingerprint density at radius 3 is 2.89 bits per heavy atom. The third kappa shape index (κ3) is 5.01. The number of hydrogen-bond donors (Lipinski definition) is 1. The number of nitrogens with zero attached hydrogens (tertiary/aromatic N) is 3. The van der Waals surface area contributed by atoms with Gasteiger partial charge in [0.25, 0.3) is 0 Å². The number of ether oxygens (including phenoxy) is 1. The molecule has 0 spiro atoms. The number of hydrogen-bond acceptors (Lipinski definition) is 4. The molecule has 1 saturated carbocycles. The molecule has 2 rings (SSSR count). The second-order valence-corrected chi connectivity index (χ2v) is 4.34. The van der Waals surface area contributed by atoms with Crippen molar-refractivity contribution in [1.29, 1.82) is 0 Å². The normalized spacial score (nSPS) is 16.2. The minimum absolute atomic E-state index is 0.0368. The van der Waals surface area contributed by atoms with E-state index in [2.05, 4.69) is 20.4 Å². The Kier molecular flexibility index (Phi) is 4.18. The fourth-order valence-electron chi connectivity index (χ4n) is 1.51. The summed E-state index contributed by atoms with van der Waals surface area (Å²) < 4.78 is 40.2. The second-order valence-electron chi connectivity index (χ2n) is 4.34. The minimum atomic E-state index is -4.59. The molecule has 1 aromatic rings. The summed E-state index contributed by atoms with van der Waals surface area (Å²) in [6.45, 7) is 1.14. The van der Waals surface area contributed by atoms with Crippen LogP contribution in [0, 0.1) is 5.92 Å². The number of halogens is 3. The monoisotopic (exact) mass is 264 g/mol. The molecule has 0 atom stereocenters. The highest BCUT2D eigenvalue weighted by Crippen LogP contribution is 2.27. The van der Waals surface area contributed by atoms with Crippen LogP contribution in [0.25, 0.3) is 0 Å². The van der Waals surface area contributed by atoms with Crippen LogP contribution in [0.15, 0.2) is 6.20 Å². The molecule has 5 nitrogen and oxygen atoms in total. The molecule has 0 unspecified atom stereocenters. The van der Waals surface area contributed by atoms with Crippen LogP contribution < -0.4 is 5.32 Å². The lowest BCUT2D eigenvalue weighted by Gasteiger charge is -2.06. The van der Waals surface area contributed by atoms with Crippen molar-refractivity contribution in [2.24, 2.45) is 5.92 Å². The van der Waals surface area contributed by atoms with Crippen molar-refractivity contribution in [3.63, 3.8) is 0 Å². The maximum Gasteiger partial charge on any atom is 0.522 e. The van der Waals surface area contributed by atoms with Gasteiger partial charge in [-0.1, -0.05) is 5.21 Å². The number of rotatable bonds is 7. The van der Waals surface area contributed by atoms with Gasteiger partial charge >= 0.3 is 6.36 Å². The van der Waals surface area contributed by atoms with Crippen LogP contribution in [0.1, 0.15) is 18.5 Å². The van der Waals surface area contributed by atoms with E-state index in [0.29, 0.717) is 6.54 Å². The molecule has 1 heterocycles. The number of nitrogens with one attached hydrogen (secondary N) is 1. The third-order valence-corrected chi connectivity index (χ3v) is 2.61. The van der Waals surface area contributed by atoms with Crippen molar-refractivity contribution >= 4 is 0 Å². The molecule has 1 aromatic heterocycles. The lowest BCUT2D eigenvalue weighted by atomic mass is 10.4. The molecular weight excluding hydrogens is 249 g/mol. The first-order valence-electron chi connectivity index (χ1n) is 5.83. The van der Waals surface area contributed by atoms with Crippen molar-refractivity contribution < 1.29 is 17.9 Å². The van der Waals surface area contributed by atoms with E-state index in [4.69, 9.17) is 0 Å². The van der Waals surface area contributed by atoms with Gasteiger partial charge in [-0.15, -0.1) is 18.3 Å². The summed E-state index contributed by atoms with van der Waals surface area (Å²) >= 11 is 0. The largest absolute Gasteiger partial charge is 0.522 e. The molecule has 0 saturated heterocycles. The predicted molar refractivity (Wildman–Crippen MR) is 56.5 cm³/mol. The first-order chi connectivity index (χ1) is 8.53. The Bertz CT molecular complexity index is 375. The molecule has 18 heavy (non-hydrogen) atoms. The summed E-state index contributed by atoms with van der Waals surface area (Å²) in [7, 11) is 0. The van der Waals surface area contributed by atoms with E-state index in [0.717, 1.165) is 18.2 Å². The van der Waals surface area contributed by atoms with Gasteiger partial charge in [0, 0.05) is 12.7 Å².